The van der Waals surface area contributed by atoms with Crippen LogP contribution in [0.5, 0.6) is 5.75 Å². The largest absolute Gasteiger partial charge is 0.508 e. The minimum atomic E-state index is -4.48. The summed E-state index contributed by atoms with van der Waals surface area (Å²) in [7, 11) is 0. The number of phenolic OH excluding ortho intramolecular Hbond substituents is 1. The van der Waals surface area contributed by atoms with Crippen LogP contribution in [0.2, 0.25) is 5.02 Å². The first-order chi connectivity index (χ1) is 18.1. The molecule has 0 fully saturated rings. The highest BCUT2D eigenvalue weighted by atomic mass is 35.5. The number of amides is 2. The first-order valence-electron chi connectivity index (χ1n) is 11.9. The van der Waals surface area contributed by atoms with Gasteiger partial charge in [-0.25, -0.2) is 4.79 Å². The molecule has 38 heavy (non-hydrogen) atoms. The molecule has 0 saturated heterocycles. The van der Waals surface area contributed by atoms with Crippen LogP contribution in [-0.4, -0.2) is 60.9 Å². The Morgan fingerprint density at radius 1 is 1.16 bits per heavy atom. The van der Waals surface area contributed by atoms with Gasteiger partial charge >= 0.3 is 12.2 Å². The molecule has 0 radical (unpaired) electrons. The molecule has 0 spiro atoms. The van der Waals surface area contributed by atoms with E-state index in [9.17, 15) is 23.1 Å². The monoisotopic (exact) mass is 552 g/mol. The Bertz CT molecular complexity index is 1110. The summed E-state index contributed by atoms with van der Waals surface area (Å²) in [6.45, 7) is 3.98. The van der Waals surface area contributed by atoms with Crippen molar-refractivity contribution in [2.24, 2.45) is 0 Å². The minimum Gasteiger partial charge on any atom is -0.508 e. The van der Waals surface area contributed by atoms with E-state index in [2.05, 4.69) is 22.7 Å². The molecular formula is C26H32ClF3N6O2. The van der Waals surface area contributed by atoms with E-state index in [1.165, 1.54) is 24.3 Å². The second kappa shape index (κ2) is 15.0. The van der Waals surface area contributed by atoms with Gasteiger partial charge in [0.2, 0.25) is 0 Å². The molecule has 0 unspecified atom stereocenters. The molecule has 2 aromatic rings. The van der Waals surface area contributed by atoms with Crippen LogP contribution < -0.4 is 16.0 Å². The lowest BCUT2D eigenvalue weighted by atomic mass is 10.0. The van der Waals surface area contributed by atoms with E-state index in [0.29, 0.717) is 24.5 Å². The molecule has 2 aromatic carbocycles. The number of carbonyl (C=O) groups is 1. The highest BCUT2D eigenvalue weighted by Gasteiger charge is 2.30. The van der Waals surface area contributed by atoms with Crippen LogP contribution in [0.4, 0.5) is 18.0 Å². The first kappa shape index (κ1) is 30.7. The van der Waals surface area contributed by atoms with Crippen molar-refractivity contribution in [1.82, 2.24) is 20.9 Å². The Hall–Kier alpha value is -3.57. The van der Waals surface area contributed by atoms with Gasteiger partial charge in [0.05, 0.1) is 6.42 Å². The molecule has 0 atom stereocenters. The highest BCUT2D eigenvalue weighted by Crippen LogP contribution is 2.21. The number of halogens is 4. The molecule has 12 heteroatoms. The van der Waals surface area contributed by atoms with Gasteiger partial charge in [-0.3, -0.25) is 10.3 Å². The maximum atomic E-state index is 12.9. The number of aromatic hydroxyl groups is 1. The SMILES string of the molecule is C=N.N=C(c1ccc(O)cc1)N(CCC(F)(F)F)C(=O)NCCC1=C(NCc2ccccc2Cl)CNCC1. The van der Waals surface area contributed by atoms with Crippen molar-refractivity contribution >= 4 is 30.2 Å². The number of amidine groups is 1. The van der Waals surface area contributed by atoms with Crippen LogP contribution in [0.25, 0.3) is 0 Å². The highest BCUT2D eigenvalue weighted by molar-refractivity contribution is 6.31. The number of phenols is 1. The van der Waals surface area contributed by atoms with Crippen molar-refractivity contribution < 1.29 is 23.1 Å². The first-order valence-corrected chi connectivity index (χ1v) is 12.3. The molecule has 0 saturated carbocycles. The van der Waals surface area contributed by atoms with Crippen molar-refractivity contribution in [2.75, 3.05) is 26.2 Å². The van der Waals surface area contributed by atoms with Crippen molar-refractivity contribution in [3.8, 4) is 5.75 Å². The number of benzene rings is 2. The van der Waals surface area contributed by atoms with E-state index in [-0.39, 0.29) is 23.7 Å². The van der Waals surface area contributed by atoms with Crippen LogP contribution in [0.15, 0.2) is 59.8 Å². The fourth-order valence-corrected chi connectivity index (χ4v) is 3.98. The topological polar surface area (TPSA) is 124 Å². The van der Waals surface area contributed by atoms with Crippen LogP contribution in [-0.2, 0) is 6.54 Å². The van der Waals surface area contributed by atoms with Crippen LogP contribution in [0.1, 0.15) is 30.4 Å². The molecule has 1 aliphatic rings. The van der Waals surface area contributed by atoms with Gasteiger partial charge in [0.15, 0.2) is 0 Å². The molecule has 2 amide bonds. The number of carbonyl (C=O) groups excluding carboxylic acids is 1. The summed E-state index contributed by atoms with van der Waals surface area (Å²) in [6.07, 6.45) is -4.44. The third-order valence-corrected chi connectivity index (χ3v) is 6.13. The summed E-state index contributed by atoms with van der Waals surface area (Å²) in [5.74, 6) is -0.424. The van der Waals surface area contributed by atoms with E-state index in [1.54, 1.807) is 0 Å². The molecular weight excluding hydrogens is 521 g/mol. The Morgan fingerprint density at radius 2 is 1.84 bits per heavy atom. The lowest BCUT2D eigenvalue weighted by Crippen LogP contribution is -2.45. The normalized spacial score (nSPS) is 13.3. The lowest BCUT2D eigenvalue weighted by molar-refractivity contribution is -0.135. The van der Waals surface area contributed by atoms with Gasteiger partial charge in [0, 0.05) is 42.5 Å². The van der Waals surface area contributed by atoms with Crippen LogP contribution >= 0.6 is 11.6 Å². The molecule has 206 valence electrons. The Balaban J connectivity index is 0.00000247. The molecule has 0 bridgehead atoms. The molecule has 3 rings (SSSR count). The quantitative estimate of drug-likeness (QED) is 0.193. The second-order valence-corrected chi connectivity index (χ2v) is 8.76. The Labute approximate surface area is 224 Å². The molecule has 1 aliphatic heterocycles. The number of alkyl halides is 3. The average molecular weight is 553 g/mol. The Morgan fingerprint density at radius 3 is 2.50 bits per heavy atom. The summed E-state index contributed by atoms with van der Waals surface area (Å²) in [5.41, 5.74) is 3.29. The standard InChI is InChI=1S/C25H29ClF3N5O2.CH3N/c26-21-4-2-1-3-19(21)15-33-22-16-31-12-9-17(22)10-13-32-24(36)34(14-11-25(27,28)29)23(30)18-5-7-20(35)8-6-18;1-2/h1-8,30-31,33,35H,9-16H2,(H,32,36);2H,1H2. The van der Waals surface area contributed by atoms with E-state index in [4.69, 9.17) is 22.4 Å². The van der Waals surface area contributed by atoms with E-state index in [1.807, 2.05) is 24.3 Å². The number of hydrogen-bond donors (Lipinski definition) is 6. The fraction of sp³-hybridized carbons (Fsp3) is 0.346. The summed E-state index contributed by atoms with van der Waals surface area (Å²) in [5, 5.41) is 33.3. The van der Waals surface area contributed by atoms with Gasteiger partial charge in [0.25, 0.3) is 0 Å². The maximum absolute atomic E-state index is 12.9. The number of nitrogens with zero attached hydrogens (tertiary/aromatic N) is 1. The van der Waals surface area contributed by atoms with Gasteiger partial charge in [-0.15, -0.1) is 0 Å². The predicted molar refractivity (Wildman–Crippen MR) is 143 cm³/mol. The van der Waals surface area contributed by atoms with Crippen molar-refractivity contribution in [3.63, 3.8) is 0 Å². The third kappa shape index (κ3) is 9.71. The van der Waals surface area contributed by atoms with Gasteiger partial charge in [-0.05, 0) is 67.6 Å². The average Bonchev–Trinajstić information content (AvgIpc) is 2.90. The molecule has 1 heterocycles. The smallest absolute Gasteiger partial charge is 0.390 e. The van der Waals surface area contributed by atoms with E-state index >= 15 is 0 Å². The van der Waals surface area contributed by atoms with Crippen molar-refractivity contribution in [3.05, 3.63) is 76.0 Å². The molecule has 6 N–H and O–H groups in total. The van der Waals surface area contributed by atoms with Crippen LogP contribution in [0.3, 0.4) is 0 Å². The van der Waals surface area contributed by atoms with Gasteiger partial charge in [0.1, 0.15) is 11.6 Å². The number of hydrogen-bond acceptors (Lipinski definition) is 6. The zero-order valence-corrected chi connectivity index (χ0v) is 21.6. The summed E-state index contributed by atoms with van der Waals surface area (Å²) in [6, 6.07) is 12.1. The molecule has 8 nitrogen and oxygen atoms in total. The zero-order valence-electron chi connectivity index (χ0n) is 20.8. The maximum Gasteiger partial charge on any atom is 0.390 e. The number of rotatable bonds is 9. The summed E-state index contributed by atoms with van der Waals surface area (Å²) < 4.78 is 38.6. The third-order valence-electron chi connectivity index (χ3n) is 5.76. The van der Waals surface area contributed by atoms with Crippen molar-refractivity contribution in [1.29, 1.82) is 10.8 Å². The fourth-order valence-electron chi connectivity index (χ4n) is 3.78. The van der Waals surface area contributed by atoms with Gasteiger partial charge in [-0.1, -0.05) is 29.8 Å². The Kier molecular flexibility index (Phi) is 12.1. The van der Waals surface area contributed by atoms with Crippen LogP contribution in [0, 0.1) is 10.8 Å². The summed E-state index contributed by atoms with van der Waals surface area (Å²) in [4.78, 5) is 13.6. The minimum absolute atomic E-state index is 0.0490. The number of urea groups is 1. The molecule has 0 aliphatic carbocycles. The number of nitrogens with one attached hydrogen (secondary N) is 5. The van der Waals surface area contributed by atoms with E-state index < -0.39 is 25.2 Å². The lowest BCUT2D eigenvalue weighted by Gasteiger charge is -2.26. The van der Waals surface area contributed by atoms with Gasteiger partial charge < -0.3 is 26.5 Å². The molecule has 0 aromatic heterocycles. The predicted octanol–water partition coefficient (Wildman–Crippen LogP) is 5.03. The zero-order chi connectivity index (χ0) is 28.1. The van der Waals surface area contributed by atoms with Crippen molar-refractivity contribution in [2.45, 2.75) is 32.0 Å². The second-order valence-electron chi connectivity index (χ2n) is 8.35. The van der Waals surface area contributed by atoms with E-state index in [0.717, 1.165) is 34.7 Å². The summed E-state index contributed by atoms with van der Waals surface area (Å²) >= 11 is 6.23. The van der Waals surface area contributed by atoms with Gasteiger partial charge in [-0.2, -0.15) is 13.2 Å².